The van der Waals surface area contributed by atoms with Crippen molar-refractivity contribution in [1.82, 2.24) is 10.2 Å². The number of nitrogens with one attached hydrogen (secondary N) is 1. The summed E-state index contributed by atoms with van der Waals surface area (Å²) in [6.45, 7) is 9.55. The average Bonchev–Trinajstić information content (AvgIpc) is 2.46. The lowest BCUT2D eigenvalue weighted by molar-refractivity contribution is 0.104. The zero-order valence-electron chi connectivity index (χ0n) is 12.8. The van der Waals surface area contributed by atoms with Crippen molar-refractivity contribution in [3.63, 3.8) is 0 Å². The lowest BCUT2D eigenvalue weighted by atomic mass is 9.86. The van der Waals surface area contributed by atoms with E-state index in [0.29, 0.717) is 6.04 Å². The van der Waals surface area contributed by atoms with E-state index in [1.54, 1.807) is 0 Å². The maximum atomic E-state index is 9.54. The van der Waals surface area contributed by atoms with E-state index in [-0.39, 0.29) is 6.10 Å². The van der Waals surface area contributed by atoms with E-state index in [4.69, 9.17) is 0 Å². The summed E-state index contributed by atoms with van der Waals surface area (Å²) in [4.78, 5) is 2.59. The molecule has 112 valence electrons. The number of nitrogens with zero attached hydrogens (tertiary/aromatic N) is 1. The van der Waals surface area contributed by atoms with Crippen LogP contribution in [-0.4, -0.2) is 48.3 Å². The third-order valence-electron chi connectivity index (χ3n) is 5.24. The molecule has 0 aromatic rings. The smallest absolute Gasteiger partial charge is 0.0540 e. The molecular weight excluding hydrogens is 236 g/mol. The highest BCUT2D eigenvalue weighted by atomic mass is 16.3. The van der Waals surface area contributed by atoms with Crippen molar-refractivity contribution < 1.29 is 5.11 Å². The molecule has 0 aromatic carbocycles. The van der Waals surface area contributed by atoms with Gasteiger partial charge < -0.3 is 15.3 Å². The Morgan fingerprint density at radius 2 is 1.95 bits per heavy atom. The standard InChI is InChI=1S/C16H32N2O/c1-3-18-10-4-5-15(12-18)13(2)17-11-14-6-8-16(19)9-7-14/h13-17,19H,3-12H2,1-2H3. The van der Waals surface area contributed by atoms with Crippen molar-refractivity contribution in [2.24, 2.45) is 11.8 Å². The van der Waals surface area contributed by atoms with Gasteiger partial charge in [-0.05, 0) is 76.9 Å². The zero-order chi connectivity index (χ0) is 13.7. The van der Waals surface area contributed by atoms with Crippen LogP contribution in [0.3, 0.4) is 0 Å². The first-order valence-corrected chi connectivity index (χ1v) is 8.32. The second-order valence-corrected chi connectivity index (χ2v) is 6.67. The van der Waals surface area contributed by atoms with E-state index in [2.05, 4.69) is 24.1 Å². The van der Waals surface area contributed by atoms with Gasteiger partial charge in [-0.1, -0.05) is 6.92 Å². The van der Waals surface area contributed by atoms with E-state index in [0.717, 1.165) is 31.2 Å². The quantitative estimate of drug-likeness (QED) is 0.803. The second-order valence-electron chi connectivity index (χ2n) is 6.67. The van der Waals surface area contributed by atoms with Crippen LogP contribution < -0.4 is 5.32 Å². The Bertz CT molecular complexity index is 251. The number of rotatable bonds is 5. The molecule has 0 spiro atoms. The molecule has 2 unspecified atom stereocenters. The number of piperidine rings is 1. The van der Waals surface area contributed by atoms with Gasteiger partial charge in [-0.3, -0.25) is 0 Å². The predicted octanol–water partition coefficient (Wildman–Crippen LogP) is 2.25. The summed E-state index contributed by atoms with van der Waals surface area (Å²) in [5.41, 5.74) is 0. The Labute approximate surface area is 118 Å². The number of aliphatic hydroxyl groups excluding tert-OH is 1. The van der Waals surface area contributed by atoms with E-state index >= 15 is 0 Å². The maximum absolute atomic E-state index is 9.54. The van der Waals surface area contributed by atoms with Crippen molar-refractivity contribution >= 4 is 0 Å². The number of aliphatic hydroxyl groups is 1. The van der Waals surface area contributed by atoms with Crippen LogP contribution in [0.25, 0.3) is 0 Å². The monoisotopic (exact) mass is 268 g/mol. The highest BCUT2D eigenvalue weighted by molar-refractivity contribution is 4.81. The lowest BCUT2D eigenvalue weighted by Gasteiger charge is -2.36. The lowest BCUT2D eigenvalue weighted by Crippen LogP contribution is -2.45. The fraction of sp³-hybridized carbons (Fsp3) is 1.00. The third-order valence-corrected chi connectivity index (χ3v) is 5.24. The molecule has 1 saturated carbocycles. The SMILES string of the molecule is CCN1CCCC(C(C)NCC2CCC(O)CC2)C1. The summed E-state index contributed by atoms with van der Waals surface area (Å²) in [5.74, 6) is 1.61. The summed E-state index contributed by atoms with van der Waals surface area (Å²) >= 11 is 0. The topological polar surface area (TPSA) is 35.5 Å². The molecule has 2 N–H and O–H groups in total. The van der Waals surface area contributed by atoms with Crippen LogP contribution in [0, 0.1) is 11.8 Å². The molecule has 3 heteroatoms. The molecule has 0 amide bonds. The molecular formula is C16H32N2O. The van der Waals surface area contributed by atoms with E-state index in [1.807, 2.05) is 0 Å². The fourth-order valence-electron chi connectivity index (χ4n) is 3.65. The molecule has 1 aliphatic heterocycles. The van der Waals surface area contributed by atoms with Crippen molar-refractivity contribution in [2.75, 3.05) is 26.2 Å². The summed E-state index contributed by atoms with van der Waals surface area (Å²) in [5, 5.41) is 13.3. The van der Waals surface area contributed by atoms with E-state index in [9.17, 15) is 5.11 Å². The molecule has 0 radical (unpaired) electrons. The number of hydrogen-bond donors (Lipinski definition) is 2. The summed E-state index contributed by atoms with van der Waals surface area (Å²) in [7, 11) is 0. The molecule has 2 rings (SSSR count). The average molecular weight is 268 g/mol. The van der Waals surface area contributed by atoms with Crippen LogP contribution in [-0.2, 0) is 0 Å². The van der Waals surface area contributed by atoms with Gasteiger partial charge in [0, 0.05) is 12.6 Å². The minimum Gasteiger partial charge on any atom is -0.393 e. The van der Waals surface area contributed by atoms with E-state index in [1.165, 1.54) is 45.3 Å². The summed E-state index contributed by atoms with van der Waals surface area (Å²) < 4.78 is 0. The predicted molar refractivity (Wildman–Crippen MR) is 80.3 cm³/mol. The van der Waals surface area contributed by atoms with Gasteiger partial charge in [-0.15, -0.1) is 0 Å². The first kappa shape index (κ1) is 15.3. The molecule has 0 bridgehead atoms. The van der Waals surface area contributed by atoms with Gasteiger partial charge in [-0.2, -0.15) is 0 Å². The van der Waals surface area contributed by atoms with Gasteiger partial charge in [0.15, 0.2) is 0 Å². The van der Waals surface area contributed by atoms with Crippen molar-refractivity contribution in [3.05, 3.63) is 0 Å². The molecule has 19 heavy (non-hydrogen) atoms. The molecule has 2 fully saturated rings. The van der Waals surface area contributed by atoms with Gasteiger partial charge in [0.1, 0.15) is 0 Å². The normalized spacial score (nSPS) is 35.2. The largest absolute Gasteiger partial charge is 0.393 e. The zero-order valence-corrected chi connectivity index (χ0v) is 12.8. The first-order chi connectivity index (χ1) is 9.19. The third kappa shape index (κ3) is 4.73. The van der Waals surface area contributed by atoms with Crippen LogP contribution in [0.2, 0.25) is 0 Å². The Balaban J connectivity index is 1.67. The van der Waals surface area contributed by atoms with E-state index < -0.39 is 0 Å². The van der Waals surface area contributed by atoms with Crippen molar-refractivity contribution in [1.29, 1.82) is 0 Å². The Hall–Kier alpha value is -0.120. The fourth-order valence-corrected chi connectivity index (χ4v) is 3.65. The van der Waals surface area contributed by atoms with Gasteiger partial charge in [0.25, 0.3) is 0 Å². The number of likely N-dealkylation sites (tertiary alicyclic amines) is 1. The Morgan fingerprint density at radius 1 is 1.21 bits per heavy atom. The second kappa shape index (κ2) is 7.61. The molecule has 1 aliphatic carbocycles. The Kier molecular flexibility index (Phi) is 6.11. The summed E-state index contributed by atoms with van der Waals surface area (Å²) in [6, 6.07) is 0.640. The van der Waals surface area contributed by atoms with Crippen LogP contribution in [0.15, 0.2) is 0 Å². The Morgan fingerprint density at radius 3 is 2.63 bits per heavy atom. The molecule has 3 nitrogen and oxygen atoms in total. The van der Waals surface area contributed by atoms with Gasteiger partial charge >= 0.3 is 0 Å². The van der Waals surface area contributed by atoms with Gasteiger partial charge in [-0.25, -0.2) is 0 Å². The van der Waals surface area contributed by atoms with Crippen LogP contribution in [0.4, 0.5) is 0 Å². The minimum atomic E-state index is -0.0230. The van der Waals surface area contributed by atoms with Crippen LogP contribution >= 0.6 is 0 Å². The highest BCUT2D eigenvalue weighted by Gasteiger charge is 2.25. The molecule has 1 heterocycles. The molecule has 1 saturated heterocycles. The van der Waals surface area contributed by atoms with Crippen molar-refractivity contribution in [2.45, 2.75) is 64.5 Å². The molecule has 0 aromatic heterocycles. The van der Waals surface area contributed by atoms with Gasteiger partial charge in [0.05, 0.1) is 6.10 Å². The maximum Gasteiger partial charge on any atom is 0.0540 e. The molecule has 2 aliphatic rings. The molecule has 2 atom stereocenters. The number of hydrogen-bond acceptors (Lipinski definition) is 3. The van der Waals surface area contributed by atoms with Crippen LogP contribution in [0.5, 0.6) is 0 Å². The van der Waals surface area contributed by atoms with Gasteiger partial charge in [0.2, 0.25) is 0 Å². The van der Waals surface area contributed by atoms with Crippen LogP contribution in [0.1, 0.15) is 52.4 Å². The highest BCUT2D eigenvalue weighted by Crippen LogP contribution is 2.24. The summed E-state index contributed by atoms with van der Waals surface area (Å²) in [6.07, 6.45) is 7.14. The van der Waals surface area contributed by atoms with Crippen molar-refractivity contribution in [3.8, 4) is 0 Å². The first-order valence-electron chi connectivity index (χ1n) is 8.32. The minimum absolute atomic E-state index is 0.0230.